The van der Waals surface area contributed by atoms with E-state index in [1.54, 1.807) is 0 Å². The van der Waals surface area contributed by atoms with Crippen molar-refractivity contribution >= 4 is 15.9 Å². The minimum absolute atomic E-state index is 0.161. The number of rotatable bonds is 6. The van der Waals surface area contributed by atoms with Gasteiger partial charge in [0.15, 0.2) is 4.75 Å². The van der Waals surface area contributed by atoms with Crippen LogP contribution in [0.3, 0.4) is 0 Å². The van der Waals surface area contributed by atoms with Gasteiger partial charge in [-0.1, -0.05) is 12.8 Å². The van der Waals surface area contributed by atoms with Crippen molar-refractivity contribution in [1.82, 2.24) is 4.31 Å². The SMILES string of the molecule is CC1(C)C(=O)N(CCCCCCO)S1(=O)=O. The fourth-order valence-corrected chi connectivity index (χ4v) is 3.26. The molecule has 1 aliphatic rings. The summed E-state index contributed by atoms with van der Waals surface area (Å²) in [5.41, 5.74) is 0. The van der Waals surface area contributed by atoms with Crippen molar-refractivity contribution in [3.63, 3.8) is 0 Å². The number of carbonyl (C=O) groups excluding carboxylic acids is 1. The first-order valence-electron chi connectivity index (χ1n) is 5.53. The molecule has 6 heteroatoms. The van der Waals surface area contributed by atoms with Crippen molar-refractivity contribution in [3.05, 3.63) is 0 Å². The zero-order valence-corrected chi connectivity index (χ0v) is 10.6. The van der Waals surface area contributed by atoms with E-state index in [-0.39, 0.29) is 19.1 Å². The highest BCUT2D eigenvalue weighted by molar-refractivity contribution is 7.94. The zero-order valence-electron chi connectivity index (χ0n) is 9.77. The molecule has 1 heterocycles. The third kappa shape index (κ3) is 2.08. The van der Waals surface area contributed by atoms with Crippen LogP contribution in [0.25, 0.3) is 0 Å². The Balaban J connectivity index is 2.38. The van der Waals surface area contributed by atoms with Crippen molar-refractivity contribution in [2.24, 2.45) is 0 Å². The summed E-state index contributed by atoms with van der Waals surface area (Å²) >= 11 is 0. The van der Waals surface area contributed by atoms with Crippen LogP contribution < -0.4 is 0 Å². The van der Waals surface area contributed by atoms with Crippen LogP contribution in [-0.2, 0) is 14.8 Å². The highest BCUT2D eigenvalue weighted by Gasteiger charge is 2.59. The third-order valence-electron chi connectivity index (χ3n) is 2.95. The lowest BCUT2D eigenvalue weighted by atomic mass is 10.1. The molecular formula is C10H19NO4S. The van der Waals surface area contributed by atoms with Crippen molar-refractivity contribution in [1.29, 1.82) is 0 Å². The maximum Gasteiger partial charge on any atom is 0.258 e. The maximum absolute atomic E-state index is 11.7. The van der Waals surface area contributed by atoms with Gasteiger partial charge >= 0.3 is 0 Å². The van der Waals surface area contributed by atoms with E-state index in [0.717, 1.165) is 23.6 Å². The van der Waals surface area contributed by atoms with Crippen LogP contribution in [-0.4, -0.2) is 41.6 Å². The van der Waals surface area contributed by atoms with Gasteiger partial charge in [-0.15, -0.1) is 0 Å². The minimum Gasteiger partial charge on any atom is -0.396 e. The van der Waals surface area contributed by atoms with Crippen LogP contribution in [0.15, 0.2) is 0 Å². The van der Waals surface area contributed by atoms with Crippen LogP contribution in [0, 0.1) is 0 Å². The van der Waals surface area contributed by atoms with Gasteiger partial charge in [-0.2, -0.15) is 0 Å². The number of amides is 1. The Morgan fingerprint density at radius 3 is 2.25 bits per heavy atom. The van der Waals surface area contributed by atoms with Crippen LogP contribution in [0.1, 0.15) is 39.5 Å². The van der Waals surface area contributed by atoms with E-state index in [1.165, 1.54) is 13.8 Å². The summed E-state index contributed by atoms with van der Waals surface area (Å²) in [6, 6.07) is 0. The zero-order chi connectivity index (χ0) is 12.4. The van der Waals surface area contributed by atoms with Crippen LogP contribution >= 0.6 is 0 Å². The highest BCUT2D eigenvalue weighted by atomic mass is 32.2. The maximum atomic E-state index is 11.7. The van der Waals surface area contributed by atoms with Gasteiger partial charge in [0.05, 0.1) is 0 Å². The number of hydrogen-bond donors (Lipinski definition) is 1. The van der Waals surface area contributed by atoms with Gasteiger partial charge in [-0.05, 0) is 26.7 Å². The van der Waals surface area contributed by atoms with Gasteiger partial charge in [0.2, 0.25) is 0 Å². The molecule has 0 saturated carbocycles. The van der Waals surface area contributed by atoms with Crippen molar-refractivity contribution in [2.45, 2.75) is 44.3 Å². The topological polar surface area (TPSA) is 74.7 Å². The lowest BCUT2D eigenvalue weighted by Gasteiger charge is -2.43. The molecule has 0 aliphatic carbocycles. The summed E-state index contributed by atoms with van der Waals surface area (Å²) in [7, 11) is -3.41. The second kappa shape index (κ2) is 4.71. The van der Waals surface area contributed by atoms with Crippen LogP contribution in [0.5, 0.6) is 0 Å². The Morgan fingerprint density at radius 1 is 1.19 bits per heavy atom. The third-order valence-corrected chi connectivity index (χ3v) is 5.34. The first-order chi connectivity index (χ1) is 7.35. The van der Waals surface area contributed by atoms with E-state index in [9.17, 15) is 13.2 Å². The number of hydrogen-bond acceptors (Lipinski definition) is 4. The Morgan fingerprint density at radius 2 is 1.75 bits per heavy atom. The van der Waals surface area contributed by atoms with E-state index >= 15 is 0 Å². The van der Waals surface area contributed by atoms with Gasteiger partial charge < -0.3 is 5.11 Å². The van der Waals surface area contributed by atoms with E-state index in [2.05, 4.69) is 0 Å². The second-order valence-corrected chi connectivity index (χ2v) is 6.94. The van der Waals surface area contributed by atoms with Gasteiger partial charge in [-0.3, -0.25) is 4.79 Å². The Kier molecular flexibility index (Phi) is 3.96. The summed E-state index contributed by atoms with van der Waals surface area (Å²) in [4.78, 5) is 11.5. The van der Waals surface area contributed by atoms with Gasteiger partial charge in [0.25, 0.3) is 15.9 Å². The average Bonchev–Trinajstić information content (AvgIpc) is 2.22. The summed E-state index contributed by atoms with van der Waals surface area (Å²) < 4.78 is 23.1. The molecule has 0 aromatic carbocycles. The van der Waals surface area contributed by atoms with E-state index in [1.807, 2.05) is 0 Å². The first kappa shape index (κ1) is 13.4. The molecule has 0 aromatic heterocycles. The summed E-state index contributed by atoms with van der Waals surface area (Å²) in [5, 5.41) is 8.57. The molecule has 0 aromatic rings. The summed E-state index contributed by atoms with van der Waals surface area (Å²) in [6.07, 6.45) is 3.09. The normalized spacial score (nSPS) is 21.9. The number of aliphatic hydroxyl groups is 1. The van der Waals surface area contributed by atoms with E-state index in [0.29, 0.717) is 6.42 Å². The van der Waals surface area contributed by atoms with Gasteiger partial charge in [-0.25, -0.2) is 12.7 Å². The van der Waals surface area contributed by atoms with E-state index in [4.69, 9.17) is 5.11 Å². The molecule has 1 saturated heterocycles. The average molecular weight is 249 g/mol. The first-order valence-corrected chi connectivity index (χ1v) is 6.97. The lowest BCUT2D eigenvalue weighted by Crippen LogP contribution is -2.67. The summed E-state index contributed by atoms with van der Waals surface area (Å²) in [5.74, 6) is -0.311. The molecule has 0 unspecified atom stereocenters. The van der Waals surface area contributed by atoms with Gasteiger partial charge in [0, 0.05) is 13.2 Å². The molecule has 1 amide bonds. The van der Waals surface area contributed by atoms with Crippen LogP contribution in [0.2, 0.25) is 0 Å². The molecule has 0 spiro atoms. The predicted octanol–water partition coefficient (Wildman–Crippen LogP) is 0.490. The Bertz CT molecular complexity index is 361. The number of aliphatic hydroxyl groups excluding tert-OH is 1. The standard InChI is InChI=1S/C10H19NO4S/c1-10(2)9(13)11(16(10,14)15)7-5-3-4-6-8-12/h12H,3-8H2,1-2H3. The molecule has 5 nitrogen and oxygen atoms in total. The fraction of sp³-hybridized carbons (Fsp3) is 0.900. The molecule has 0 atom stereocenters. The van der Waals surface area contributed by atoms with Crippen molar-refractivity contribution in [2.75, 3.05) is 13.2 Å². The Labute approximate surface area is 96.5 Å². The molecule has 0 bridgehead atoms. The van der Waals surface area contributed by atoms with Crippen molar-refractivity contribution in [3.8, 4) is 0 Å². The Hall–Kier alpha value is -0.620. The molecule has 1 aliphatic heterocycles. The van der Waals surface area contributed by atoms with E-state index < -0.39 is 14.8 Å². The predicted molar refractivity (Wildman–Crippen MR) is 60.3 cm³/mol. The fourth-order valence-electron chi connectivity index (χ4n) is 1.70. The van der Waals surface area contributed by atoms with Gasteiger partial charge in [0.1, 0.15) is 0 Å². The minimum atomic E-state index is -3.41. The number of sulfonamides is 1. The smallest absolute Gasteiger partial charge is 0.258 e. The molecule has 0 radical (unpaired) electrons. The molecule has 16 heavy (non-hydrogen) atoms. The highest BCUT2D eigenvalue weighted by Crippen LogP contribution is 2.34. The lowest BCUT2D eigenvalue weighted by molar-refractivity contribution is -0.132. The monoisotopic (exact) mass is 249 g/mol. The number of unbranched alkanes of at least 4 members (excludes halogenated alkanes) is 3. The molecule has 94 valence electrons. The molecule has 1 rings (SSSR count). The van der Waals surface area contributed by atoms with Crippen LogP contribution in [0.4, 0.5) is 0 Å². The van der Waals surface area contributed by atoms with Crippen molar-refractivity contribution < 1.29 is 18.3 Å². The molecule has 1 fully saturated rings. The number of carbonyl (C=O) groups is 1. The molecular weight excluding hydrogens is 230 g/mol. The second-order valence-electron chi connectivity index (χ2n) is 4.53. The number of nitrogens with zero attached hydrogens (tertiary/aromatic N) is 1. The largest absolute Gasteiger partial charge is 0.396 e. The molecule has 1 N–H and O–H groups in total. The quantitative estimate of drug-likeness (QED) is 0.695. The summed E-state index contributed by atoms with van der Waals surface area (Å²) in [6.45, 7) is 3.31.